The van der Waals surface area contributed by atoms with Gasteiger partial charge < -0.3 is 32.4 Å². The molecule has 4 atom stereocenters. The van der Waals surface area contributed by atoms with Gasteiger partial charge in [-0.1, -0.05) is 20.8 Å². The molecule has 0 radical (unpaired) electrons. The van der Waals surface area contributed by atoms with Crippen molar-refractivity contribution in [1.82, 2.24) is 9.80 Å². The number of non-ortho nitro benzene ring substituents is 2. The van der Waals surface area contributed by atoms with E-state index in [0.29, 0.717) is 55.7 Å². The summed E-state index contributed by atoms with van der Waals surface area (Å²) in [6.07, 6.45) is 1.52. The highest BCUT2D eigenvalue weighted by atomic mass is 32.2. The number of amides is 2. The number of esters is 1. The largest absolute Gasteiger partial charge is 0.456 e. The molecule has 0 aliphatic carbocycles. The van der Waals surface area contributed by atoms with Crippen LogP contribution in [0.1, 0.15) is 71.4 Å². The number of carbonyl (C=O) groups excluding carboxylic acids is 4. The predicted molar refractivity (Wildman–Crippen MR) is 245 cm³/mol. The number of aliphatic imine (C=N–C) groups is 1. The minimum absolute atomic E-state index is 0.0913. The van der Waals surface area contributed by atoms with Crippen molar-refractivity contribution in [3.05, 3.63) is 86.0 Å². The second-order valence-corrected chi connectivity index (χ2v) is 24.1. The molecule has 2 aliphatic heterocycles. The zero-order valence-corrected chi connectivity index (χ0v) is 40.2. The molecule has 350 valence electrons. The van der Waals surface area contributed by atoms with Gasteiger partial charge in [0.15, 0.2) is 8.32 Å². The molecule has 2 aromatic carbocycles. The standard InChI is InChI=1S/C42H58N5O14PSSi/c1-9-24-58-62(59-25-10-2,60-26-11-3)37(38(49)56-28-32-12-16-34(17-13-32)46(52)53)45-39(50)42(21-23-48,30(4)61-64(6,7)8)40(45)63-36-20-22-44(27-36)31(5)43-41(51)57-29-33-14-18-35(19-15-33)47(54)55/h12-19,21,30,36,40H,9-11,20,22,24-29H2,1-8H3. The van der Waals surface area contributed by atoms with E-state index < -0.39 is 60.6 Å². The van der Waals surface area contributed by atoms with E-state index in [9.17, 15) is 34.6 Å². The van der Waals surface area contributed by atoms with Crippen LogP contribution in [0.4, 0.5) is 16.2 Å². The predicted octanol–water partition coefficient (Wildman–Crippen LogP) is 8.06. The fourth-order valence-electron chi connectivity index (χ4n) is 6.91. The van der Waals surface area contributed by atoms with Crippen molar-refractivity contribution in [2.45, 2.75) is 110 Å². The number of nitro groups is 2. The molecule has 0 aromatic heterocycles. The summed E-state index contributed by atoms with van der Waals surface area (Å²) in [5.74, 6) is 0.615. The van der Waals surface area contributed by atoms with Gasteiger partial charge in [-0.3, -0.25) is 29.9 Å². The zero-order chi connectivity index (χ0) is 47.2. The Hall–Kier alpha value is -4.72. The summed E-state index contributed by atoms with van der Waals surface area (Å²) in [6, 6.07) is 11.1. The van der Waals surface area contributed by atoms with Crippen LogP contribution in [0.25, 0.3) is 0 Å². The van der Waals surface area contributed by atoms with Crippen LogP contribution in [0.3, 0.4) is 0 Å². The Bertz CT molecular complexity index is 2100. The lowest BCUT2D eigenvalue weighted by Crippen LogP contribution is -2.74. The van der Waals surface area contributed by atoms with Gasteiger partial charge in [-0.05, 0) is 94.6 Å². The first-order valence-electron chi connectivity index (χ1n) is 21.1. The van der Waals surface area contributed by atoms with Gasteiger partial charge in [0.1, 0.15) is 35.8 Å². The minimum Gasteiger partial charge on any atom is -0.456 e. The fraction of sp³-hybridized carbons (Fsp3) is 0.548. The van der Waals surface area contributed by atoms with Gasteiger partial charge in [0, 0.05) is 48.7 Å². The smallest absolute Gasteiger partial charge is 0.435 e. The van der Waals surface area contributed by atoms with Crippen molar-refractivity contribution < 1.29 is 56.5 Å². The maximum absolute atomic E-state index is 15.2. The van der Waals surface area contributed by atoms with E-state index in [4.69, 9.17) is 27.5 Å². The van der Waals surface area contributed by atoms with Crippen LogP contribution in [0.15, 0.2) is 59.6 Å². The molecule has 19 nitrogen and oxygen atoms in total. The Labute approximate surface area is 378 Å². The van der Waals surface area contributed by atoms with Gasteiger partial charge >= 0.3 is 12.1 Å². The first-order chi connectivity index (χ1) is 30.4. The lowest BCUT2D eigenvalue weighted by Gasteiger charge is -2.57. The quantitative estimate of drug-likeness (QED) is 0.0118. The average Bonchev–Trinajstić information content (AvgIpc) is 3.74. The van der Waals surface area contributed by atoms with E-state index in [2.05, 4.69) is 4.99 Å². The van der Waals surface area contributed by atoms with Crippen LogP contribution < -0.4 is 0 Å². The Morgan fingerprint density at radius 3 is 1.88 bits per heavy atom. The summed E-state index contributed by atoms with van der Waals surface area (Å²) >= 11 is 1.34. The third-order valence-electron chi connectivity index (χ3n) is 10.0. The number of nitro benzene ring substituents is 2. The van der Waals surface area contributed by atoms with Crippen LogP contribution in [0.2, 0.25) is 19.6 Å². The first-order valence-corrected chi connectivity index (χ1v) is 27.0. The molecular formula is C42H58N5O14PSSi. The third-order valence-corrected chi connectivity index (χ3v) is 15.2. The lowest BCUT2D eigenvalue weighted by atomic mass is 9.73. The van der Waals surface area contributed by atoms with E-state index >= 15 is 4.79 Å². The summed E-state index contributed by atoms with van der Waals surface area (Å²) in [6.45, 7) is 15.5. The average molecular weight is 948 g/mol. The number of nitrogens with zero attached hydrogens (tertiary/aromatic N) is 5. The molecule has 0 N–H and O–H groups in total. The number of amidine groups is 1. The van der Waals surface area contributed by atoms with Crippen molar-refractivity contribution in [1.29, 1.82) is 0 Å². The lowest BCUT2D eigenvalue weighted by molar-refractivity contribution is -0.385. The van der Waals surface area contributed by atoms with Gasteiger partial charge in [-0.25, -0.2) is 14.4 Å². The van der Waals surface area contributed by atoms with E-state index in [1.807, 2.05) is 51.3 Å². The molecule has 2 saturated heterocycles. The van der Waals surface area contributed by atoms with E-state index in [1.54, 1.807) is 13.8 Å². The van der Waals surface area contributed by atoms with Crippen molar-refractivity contribution in [3.63, 3.8) is 0 Å². The van der Waals surface area contributed by atoms with E-state index in [0.717, 1.165) is 0 Å². The molecule has 64 heavy (non-hydrogen) atoms. The maximum atomic E-state index is 15.2. The molecule has 4 unspecified atom stereocenters. The molecule has 2 aromatic rings. The molecule has 0 saturated carbocycles. The summed E-state index contributed by atoms with van der Waals surface area (Å²) in [4.78, 5) is 83.8. The van der Waals surface area contributed by atoms with Crippen molar-refractivity contribution >= 4 is 74.2 Å². The molecular weight excluding hydrogens is 890 g/mol. The Balaban J connectivity index is 1.77. The third kappa shape index (κ3) is 13.0. The fourth-order valence-corrected chi connectivity index (χ4v) is 12.6. The summed E-state index contributed by atoms with van der Waals surface area (Å²) < 4.78 is 37.1. The first kappa shape index (κ1) is 51.9. The van der Waals surface area contributed by atoms with E-state index in [-0.39, 0.29) is 55.1 Å². The summed E-state index contributed by atoms with van der Waals surface area (Å²) in [5.41, 5.74) is -1.16. The molecule has 2 heterocycles. The number of carbonyl (C=O) groups is 3. The highest BCUT2D eigenvalue weighted by Crippen LogP contribution is 2.59. The molecule has 2 aliphatic rings. The molecule has 22 heteroatoms. The number of thioether (sulfide) groups is 1. The molecule has 0 bridgehead atoms. The van der Waals surface area contributed by atoms with Crippen LogP contribution >= 0.6 is 19.3 Å². The molecule has 2 amide bonds. The second kappa shape index (κ2) is 23.5. The van der Waals surface area contributed by atoms with Crippen LogP contribution in [-0.2, 0) is 55.1 Å². The van der Waals surface area contributed by atoms with Crippen molar-refractivity contribution in [2.24, 2.45) is 10.4 Å². The number of hydrogen-bond acceptors (Lipinski definition) is 15. The number of β-lactam (4-membered cyclic amide) rings is 1. The van der Waals surface area contributed by atoms with Gasteiger partial charge in [-0.15, -0.1) is 11.8 Å². The number of hydrogen-bond donors (Lipinski definition) is 0. The van der Waals surface area contributed by atoms with Crippen molar-refractivity contribution in [3.8, 4) is 0 Å². The van der Waals surface area contributed by atoms with Crippen LogP contribution in [0.5, 0.6) is 0 Å². The minimum atomic E-state index is -3.93. The molecule has 4 rings (SSSR count). The van der Waals surface area contributed by atoms with E-state index in [1.165, 1.54) is 71.3 Å². The molecule has 0 spiro atoms. The van der Waals surface area contributed by atoms with Crippen molar-refractivity contribution in [2.75, 3.05) is 32.9 Å². The maximum Gasteiger partial charge on any atom is 0.435 e. The van der Waals surface area contributed by atoms with Crippen LogP contribution in [-0.4, -0.2) is 113 Å². The highest BCUT2D eigenvalue weighted by Gasteiger charge is 2.67. The highest BCUT2D eigenvalue weighted by molar-refractivity contribution is 8.00. The normalized spacial score (nSPS) is 19.4. The Kier molecular flexibility index (Phi) is 19.0. The van der Waals surface area contributed by atoms with Gasteiger partial charge in [0.2, 0.25) is 11.3 Å². The van der Waals surface area contributed by atoms with Crippen LogP contribution in [0, 0.1) is 25.6 Å². The number of benzene rings is 2. The Morgan fingerprint density at radius 1 is 0.922 bits per heavy atom. The van der Waals surface area contributed by atoms with Gasteiger partial charge in [0.05, 0.1) is 35.8 Å². The zero-order valence-electron chi connectivity index (χ0n) is 37.5. The topological polar surface area (TPSA) is 229 Å². The Morgan fingerprint density at radius 2 is 1.42 bits per heavy atom. The van der Waals surface area contributed by atoms with Gasteiger partial charge in [0.25, 0.3) is 18.9 Å². The number of rotatable bonds is 23. The summed E-state index contributed by atoms with van der Waals surface area (Å²) in [7, 11) is -6.31. The second-order valence-electron chi connectivity index (χ2n) is 16.0. The molecule has 2 fully saturated rings. The number of likely N-dealkylation sites (tertiary alicyclic amines) is 2. The number of ether oxygens (including phenoxy) is 2. The van der Waals surface area contributed by atoms with Gasteiger partial charge in [-0.2, -0.15) is 4.99 Å². The monoisotopic (exact) mass is 947 g/mol. The SMILES string of the molecule is CCCOP(OCCC)(OCCC)=C(C(=O)OCc1ccc([N+](=O)[O-])cc1)N1C(=O)C(C=C=O)(C(C)O[Si](C)(C)C)C1SC1CCN(C(C)=NC(=O)OCc2ccc([N+](=O)[O-])cc2)C1. The summed E-state index contributed by atoms with van der Waals surface area (Å²) in [5, 5.41) is 21.1.